The molecule has 0 spiro atoms. The van der Waals surface area contributed by atoms with Crippen LogP contribution in [-0.2, 0) is 16.9 Å². The number of amides is 1. The molecule has 158 valence electrons. The average molecular weight is 415 g/mol. The predicted octanol–water partition coefficient (Wildman–Crippen LogP) is 2.32. The van der Waals surface area contributed by atoms with Crippen LogP contribution >= 0.6 is 0 Å². The van der Waals surface area contributed by atoms with Crippen LogP contribution < -0.4 is 5.32 Å². The molecule has 1 unspecified atom stereocenters. The third-order valence-electron chi connectivity index (χ3n) is 4.60. The van der Waals surface area contributed by atoms with Gasteiger partial charge >= 0.3 is 0 Å². The minimum Gasteiger partial charge on any atom is -0.382 e. The van der Waals surface area contributed by atoms with Crippen molar-refractivity contribution >= 4 is 11.6 Å². The molecule has 0 aliphatic heterocycles. The molecule has 0 aliphatic rings. The van der Waals surface area contributed by atoms with Crippen molar-refractivity contribution in [3.63, 3.8) is 0 Å². The summed E-state index contributed by atoms with van der Waals surface area (Å²) in [6.07, 6.45) is 2.68. The van der Waals surface area contributed by atoms with E-state index >= 15 is 0 Å². The van der Waals surface area contributed by atoms with Gasteiger partial charge < -0.3 is 10.4 Å². The first-order valence-electron chi connectivity index (χ1n) is 9.30. The minimum atomic E-state index is -1.77. The summed E-state index contributed by atoms with van der Waals surface area (Å²) in [5.74, 6) is -1.91. The maximum absolute atomic E-state index is 14.5. The number of aryl methyl sites for hydroxylation is 1. The minimum absolute atomic E-state index is 0.0453. The Bertz CT molecular complexity index is 995. The summed E-state index contributed by atoms with van der Waals surface area (Å²) in [7, 11) is 1.63. The summed E-state index contributed by atoms with van der Waals surface area (Å²) >= 11 is 0. The number of rotatable bonds is 8. The van der Waals surface area contributed by atoms with Crippen molar-refractivity contribution in [2.45, 2.75) is 19.1 Å². The van der Waals surface area contributed by atoms with Gasteiger partial charge in [-0.25, -0.2) is 18.4 Å². The maximum atomic E-state index is 14.5. The Morgan fingerprint density at radius 2 is 1.97 bits per heavy atom. The lowest BCUT2D eigenvalue weighted by molar-refractivity contribution is -0.118. The molecule has 9 heteroatoms. The number of anilines is 1. The smallest absolute Gasteiger partial charge is 0.238 e. The van der Waals surface area contributed by atoms with Crippen LogP contribution in [0, 0.1) is 18.6 Å². The van der Waals surface area contributed by atoms with E-state index in [9.17, 15) is 18.7 Å². The highest BCUT2D eigenvalue weighted by molar-refractivity contribution is 5.92. The second-order valence-corrected chi connectivity index (χ2v) is 7.34. The van der Waals surface area contributed by atoms with E-state index in [0.29, 0.717) is 11.8 Å². The Kier molecular flexibility index (Phi) is 6.53. The molecular formula is C21H23F2N5O2. The van der Waals surface area contributed by atoms with Crippen molar-refractivity contribution in [1.82, 2.24) is 19.7 Å². The van der Waals surface area contributed by atoms with E-state index in [-0.39, 0.29) is 31.1 Å². The topological polar surface area (TPSA) is 83.3 Å². The molecule has 1 heterocycles. The van der Waals surface area contributed by atoms with Gasteiger partial charge in [-0.05, 0) is 32.2 Å². The lowest BCUT2D eigenvalue weighted by Crippen LogP contribution is -2.45. The normalized spacial score (nSPS) is 13.3. The van der Waals surface area contributed by atoms with Crippen molar-refractivity contribution < 1.29 is 18.7 Å². The molecule has 7 nitrogen and oxygen atoms in total. The lowest BCUT2D eigenvalue weighted by atomic mass is 9.92. The standard InChI is InChI=1S/C21H23F2N5O2/c1-15-3-6-17(7-4-15)26-20(29)10-27(2)11-21(30,12-28-14-24-13-25-28)18-8-5-16(22)9-19(18)23/h3-9,13-14,30H,10-12H2,1-2H3,(H,26,29). The Morgan fingerprint density at radius 1 is 1.23 bits per heavy atom. The highest BCUT2D eigenvalue weighted by atomic mass is 19.1. The highest BCUT2D eigenvalue weighted by Gasteiger charge is 2.35. The van der Waals surface area contributed by atoms with Crippen molar-refractivity contribution in [3.8, 4) is 0 Å². The van der Waals surface area contributed by atoms with Gasteiger partial charge in [-0.15, -0.1) is 0 Å². The molecule has 0 radical (unpaired) electrons. The zero-order valence-corrected chi connectivity index (χ0v) is 16.7. The van der Waals surface area contributed by atoms with Crippen LogP contribution in [0.5, 0.6) is 0 Å². The van der Waals surface area contributed by atoms with Gasteiger partial charge in [-0.1, -0.05) is 23.8 Å². The van der Waals surface area contributed by atoms with Crippen molar-refractivity contribution in [1.29, 1.82) is 0 Å². The number of carbonyl (C=O) groups is 1. The van der Waals surface area contributed by atoms with Gasteiger partial charge in [0.05, 0.1) is 13.1 Å². The van der Waals surface area contributed by atoms with Crippen LogP contribution in [-0.4, -0.2) is 50.8 Å². The molecule has 0 saturated heterocycles. The number of benzene rings is 2. The molecule has 0 fully saturated rings. The number of hydrogen-bond donors (Lipinski definition) is 2. The van der Waals surface area contributed by atoms with Crippen molar-refractivity contribution in [3.05, 3.63) is 77.9 Å². The van der Waals surface area contributed by atoms with Crippen LogP contribution in [0.15, 0.2) is 55.1 Å². The summed E-state index contributed by atoms with van der Waals surface area (Å²) in [5, 5.41) is 18.0. The number of aromatic nitrogens is 3. The van der Waals surface area contributed by atoms with Gasteiger partial charge in [-0.2, -0.15) is 5.10 Å². The second kappa shape index (κ2) is 9.10. The summed E-state index contributed by atoms with van der Waals surface area (Å²) in [6.45, 7) is 1.68. The van der Waals surface area contributed by atoms with Gasteiger partial charge in [0.15, 0.2) is 0 Å². The van der Waals surface area contributed by atoms with E-state index < -0.39 is 17.2 Å². The molecule has 0 aliphatic carbocycles. The van der Waals surface area contributed by atoms with Crippen LogP contribution in [0.25, 0.3) is 0 Å². The third kappa shape index (κ3) is 5.46. The van der Waals surface area contributed by atoms with E-state index in [1.807, 2.05) is 19.1 Å². The number of aliphatic hydroxyl groups is 1. The Hall–Kier alpha value is -3.17. The highest BCUT2D eigenvalue weighted by Crippen LogP contribution is 2.27. The first kappa shape index (κ1) is 21.5. The van der Waals surface area contributed by atoms with Crippen LogP contribution in [0.2, 0.25) is 0 Å². The summed E-state index contributed by atoms with van der Waals surface area (Å²) in [5.41, 5.74) is -0.138. The SMILES string of the molecule is Cc1ccc(NC(=O)CN(C)CC(O)(Cn2cncn2)c2ccc(F)cc2F)cc1. The summed E-state index contributed by atoms with van der Waals surface area (Å²) < 4.78 is 29.2. The molecule has 1 amide bonds. The number of carbonyl (C=O) groups excluding carboxylic acids is 1. The van der Waals surface area contributed by atoms with Crippen LogP contribution in [0.3, 0.4) is 0 Å². The van der Waals surface area contributed by atoms with E-state index in [1.54, 1.807) is 24.1 Å². The molecule has 0 saturated carbocycles. The Labute approximate surface area is 173 Å². The Morgan fingerprint density at radius 3 is 2.60 bits per heavy atom. The number of nitrogens with zero attached hydrogens (tertiary/aromatic N) is 4. The summed E-state index contributed by atoms with van der Waals surface area (Å²) in [4.78, 5) is 17.8. The van der Waals surface area contributed by atoms with E-state index in [1.165, 1.54) is 23.4 Å². The van der Waals surface area contributed by atoms with Gasteiger partial charge in [0.1, 0.15) is 29.9 Å². The van der Waals surface area contributed by atoms with Gasteiger partial charge in [0.25, 0.3) is 0 Å². The lowest BCUT2D eigenvalue weighted by Gasteiger charge is -2.33. The van der Waals surface area contributed by atoms with Gasteiger partial charge in [0, 0.05) is 23.9 Å². The molecule has 1 aromatic heterocycles. The Balaban J connectivity index is 1.74. The van der Waals surface area contributed by atoms with E-state index in [2.05, 4.69) is 15.4 Å². The maximum Gasteiger partial charge on any atom is 0.238 e. The number of nitrogens with one attached hydrogen (secondary N) is 1. The fourth-order valence-corrected chi connectivity index (χ4v) is 3.25. The van der Waals surface area contributed by atoms with Gasteiger partial charge in [-0.3, -0.25) is 9.69 Å². The quantitative estimate of drug-likeness (QED) is 0.590. The molecule has 3 rings (SSSR count). The molecule has 2 aromatic carbocycles. The number of likely N-dealkylation sites (N-methyl/N-ethyl adjacent to an activating group) is 1. The number of hydrogen-bond acceptors (Lipinski definition) is 5. The molecular weight excluding hydrogens is 392 g/mol. The molecule has 3 aromatic rings. The van der Waals surface area contributed by atoms with Crippen LogP contribution in [0.4, 0.5) is 14.5 Å². The largest absolute Gasteiger partial charge is 0.382 e. The van der Waals surface area contributed by atoms with Gasteiger partial charge in [0.2, 0.25) is 5.91 Å². The first-order chi connectivity index (χ1) is 14.2. The van der Waals surface area contributed by atoms with Crippen molar-refractivity contribution in [2.75, 3.05) is 25.5 Å². The number of halogens is 2. The second-order valence-electron chi connectivity index (χ2n) is 7.34. The zero-order chi connectivity index (χ0) is 21.7. The van der Waals surface area contributed by atoms with Crippen LogP contribution in [0.1, 0.15) is 11.1 Å². The van der Waals surface area contributed by atoms with E-state index in [0.717, 1.165) is 11.6 Å². The fourth-order valence-electron chi connectivity index (χ4n) is 3.25. The monoisotopic (exact) mass is 415 g/mol. The predicted molar refractivity (Wildman–Crippen MR) is 108 cm³/mol. The van der Waals surface area contributed by atoms with Crippen molar-refractivity contribution in [2.24, 2.45) is 0 Å². The molecule has 30 heavy (non-hydrogen) atoms. The first-order valence-corrected chi connectivity index (χ1v) is 9.30. The zero-order valence-electron chi connectivity index (χ0n) is 16.7. The fraction of sp³-hybridized carbons (Fsp3) is 0.286. The molecule has 0 bridgehead atoms. The molecule has 2 N–H and O–H groups in total. The molecule has 1 atom stereocenters. The van der Waals surface area contributed by atoms with E-state index in [4.69, 9.17) is 0 Å². The third-order valence-corrected chi connectivity index (χ3v) is 4.60. The average Bonchev–Trinajstić information content (AvgIpc) is 3.15. The summed E-state index contributed by atoms with van der Waals surface area (Å²) in [6, 6.07) is 10.3.